The molecular weight excluding hydrogens is 308 g/mol. The fourth-order valence-corrected chi connectivity index (χ4v) is 3.43. The Bertz CT molecular complexity index is 764. The summed E-state index contributed by atoms with van der Waals surface area (Å²) in [5, 5.41) is 4.28. The number of hydrogen-bond acceptors (Lipinski definition) is 4. The van der Waals surface area contributed by atoms with E-state index in [0.717, 1.165) is 59.5 Å². The molecule has 2 aliphatic rings. The molecule has 0 aliphatic carbocycles. The van der Waals surface area contributed by atoms with Gasteiger partial charge in [-0.2, -0.15) is 0 Å². The number of piperazine rings is 1. The Morgan fingerprint density at radius 2 is 1.78 bits per heavy atom. The van der Waals surface area contributed by atoms with Crippen molar-refractivity contribution in [3.8, 4) is 0 Å². The first-order chi connectivity index (χ1) is 11.2. The number of hydrogen-bond donors (Lipinski definition) is 1. The van der Waals surface area contributed by atoms with Crippen LogP contribution in [0.4, 0.5) is 22.7 Å². The largest absolute Gasteiger partial charge is 0.367 e. The highest BCUT2D eigenvalue weighted by Gasteiger charge is 2.22. The molecule has 0 bridgehead atoms. The Labute approximate surface area is 141 Å². The molecule has 0 radical (unpaired) electrons. The van der Waals surface area contributed by atoms with Gasteiger partial charge in [0.2, 0.25) is 0 Å². The Hall–Kier alpha value is -2.04. The van der Waals surface area contributed by atoms with Crippen molar-refractivity contribution in [1.82, 2.24) is 4.90 Å². The first kappa shape index (κ1) is 14.5. The van der Waals surface area contributed by atoms with Crippen molar-refractivity contribution >= 4 is 40.6 Å². The van der Waals surface area contributed by atoms with E-state index in [1.165, 1.54) is 0 Å². The van der Waals surface area contributed by atoms with E-state index in [4.69, 9.17) is 11.6 Å². The lowest BCUT2D eigenvalue weighted by molar-refractivity contribution is 0.313. The van der Waals surface area contributed by atoms with E-state index >= 15 is 0 Å². The minimum atomic E-state index is 0.785. The summed E-state index contributed by atoms with van der Waals surface area (Å²) in [5.41, 5.74) is 5.18. The molecule has 5 heteroatoms. The van der Waals surface area contributed by atoms with Gasteiger partial charge in [-0.15, -0.1) is 0 Å². The second-order valence-electron chi connectivity index (χ2n) is 6.05. The first-order valence-electron chi connectivity index (χ1n) is 7.88. The first-order valence-corrected chi connectivity index (χ1v) is 8.26. The minimum absolute atomic E-state index is 0.785. The van der Waals surface area contributed by atoms with Crippen LogP contribution in [0, 0.1) is 0 Å². The number of fused-ring (bicyclic) bond motifs is 2. The maximum atomic E-state index is 6.55. The summed E-state index contributed by atoms with van der Waals surface area (Å²) >= 11 is 6.55. The molecular formula is C18H19ClN4. The van der Waals surface area contributed by atoms with E-state index in [2.05, 4.69) is 27.2 Å². The predicted octanol–water partition coefficient (Wildman–Crippen LogP) is 3.90. The van der Waals surface area contributed by atoms with Crippen molar-refractivity contribution < 1.29 is 0 Å². The van der Waals surface area contributed by atoms with Crippen LogP contribution in [0.1, 0.15) is 5.56 Å². The number of halogens is 1. The summed E-state index contributed by atoms with van der Waals surface area (Å²) in [6.45, 7) is 4.05. The third kappa shape index (κ3) is 2.69. The molecule has 0 unspecified atom stereocenters. The SMILES string of the molecule is CN1CCN(c2c(Cl)ccc3c2C=Nc2ccccc2N3)CC1. The van der Waals surface area contributed by atoms with Crippen LogP contribution in [0.5, 0.6) is 0 Å². The molecule has 2 aromatic rings. The van der Waals surface area contributed by atoms with E-state index < -0.39 is 0 Å². The topological polar surface area (TPSA) is 30.9 Å². The molecule has 0 amide bonds. The van der Waals surface area contributed by atoms with Crippen LogP contribution in [0.3, 0.4) is 0 Å². The Kier molecular flexibility index (Phi) is 3.71. The lowest BCUT2D eigenvalue weighted by Crippen LogP contribution is -2.45. The number of benzene rings is 2. The molecule has 4 rings (SSSR count). The van der Waals surface area contributed by atoms with Gasteiger partial charge in [-0.1, -0.05) is 23.7 Å². The van der Waals surface area contributed by atoms with E-state index in [-0.39, 0.29) is 0 Å². The standard InChI is InChI=1S/C18H19ClN4/c1-22-8-10-23(11-9-22)18-13-12-20-16-4-2-3-5-17(16)21-15(13)7-6-14(18)19/h2-7,12,21H,8-11H2,1H3. The number of likely N-dealkylation sites (N-methyl/N-ethyl adjacent to an activating group) is 1. The van der Waals surface area contributed by atoms with Gasteiger partial charge in [0, 0.05) is 43.6 Å². The average Bonchev–Trinajstić information content (AvgIpc) is 2.75. The summed E-state index contributed by atoms with van der Waals surface area (Å²) in [4.78, 5) is 9.36. The molecule has 1 saturated heterocycles. The van der Waals surface area contributed by atoms with Crippen LogP contribution in [-0.2, 0) is 0 Å². The Morgan fingerprint density at radius 3 is 2.61 bits per heavy atom. The molecule has 2 aromatic carbocycles. The summed E-state index contributed by atoms with van der Waals surface area (Å²) in [5.74, 6) is 0. The maximum absolute atomic E-state index is 6.55. The van der Waals surface area contributed by atoms with Crippen molar-refractivity contribution in [2.75, 3.05) is 43.4 Å². The van der Waals surface area contributed by atoms with E-state index in [1.807, 2.05) is 42.6 Å². The molecule has 1 N–H and O–H groups in total. The smallest absolute Gasteiger partial charge is 0.0864 e. The van der Waals surface area contributed by atoms with Gasteiger partial charge < -0.3 is 15.1 Å². The number of aliphatic imine (C=N–C) groups is 1. The number of para-hydroxylation sites is 2. The second kappa shape index (κ2) is 5.87. The van der Waals surface area contributed by atoms with Crippen LogP contribution in [0.15, 0.2) is 41.4 Å². The van der Waals surface area contributed by atoms with E-state index in [0.29, 0.717) is 0 Å². The molecule has 2 aliphatic heterocycles. The maximum Gasteiger partial charge on any atom is 0.0864 e. The highest BCUT2D eigenvalue weighted by Crippen LogP contribution is 2.39. The molecule has 0 atom stereocenters. The van der Waals surface area contributed by atoms with Crippen molar-refractivity contribution in [2.45, 2.75) is 0 Å². The summed E-state index contributed by atoms with van der Waals surface area (Å²) in [7, 11) is 2.16. The molecule has 0 saturated carbocycles. The lowest BCUT2D eigenvalue weighted by atomic mass is 10.1. The van der Waals surface area contributed by atoms with Crippen LogP contribution < -0.4 is 10.2 Å². The number of nitrogens with one attached hydrogen (secondary N) is 1. The van der Waals surface area contributed by atoms with E-state index in [9.17, 15) is 0 Å². The summed E-state index contributed by atoms with van der Waals surface area (Å²) in [6.07, 6.45) is 1.94. The zero-order chi connectivity index (χ0) is 15.8. The highest BCUT2D eigenvalue weighted by molar-refractivity contribution is 6.34. The van der Waals surface area contributed by atoms with Crippen molar-refractivity contribution in [2.24, 2.45) is 4.99 Å². The van der Waals surface area contributed by atoms with Gasteiger partial charge in [-0.3, -0.25) is 4.99 Å². The summed E-state index contributed by atoms with van der Waals surface area (Å²) < 4.78 is 0. The average molecular weight is 327 g/mol. The van der Waals surface area contributed by atoms with Gasteiger partial charge in [0.1, 0.15) is 0 Å². The monoisotopic (exact) mass is 326 g/mol. The minimum Gasteiger partial charge on any atom is -0.367 e. The molecule has 1 fully saturated rings. The molecule has 0 spiro atoms. The van der Waals surface area contributed by atoms with Gasteiger partial charge in [0.05, 0.1) is 22.1 Å². The predicted molar refractivity (Wildman–Crippen MR) is 98.1 cm³/mol. The summed E-state index contributed by atoms with van der Waals surface area (Å²) in [6, 6.07) is 12.1. The highest BCUT2D eigenvalue weighted by atomic mass is 35.5. The van der Waals surface area contributed by atoms with Gasteiger partial charge >= 0.3 is 0 Å². The molecule has 4 nitrogen and oxygen atoms in total. The zero-order valence-corrected chi connectivity index (χ0v) is 13.8. The van der Waals surface area contributed by atoms with Crippen LogP contribution in [-0.4, -0.2) is 44.3 Å². The normalized spacial score (nSPS) is 17.2. The van der Waals surface area contributed by atoms with Crippen LogP contribution in [0.2, 0.25) is 5.02 Å². The fourth-order valence-electron chi connectivity index (χ4n) is 3.14. The quantitative estimate of drug-likeness (QED) is 0.736. The van der Waals surface area contributed by atoms with Crippen molar-refractivity contribution in [1.29, 1.82) is 0 Å². The second-order valence-corrected chi connectivity index (χ2v) is 6.46. The number of anilines is 3. The number of rotatable bonds is 1. The Morgan fingerprint density at radius 1 is 1.00 bits per heavy atom. The molecule has 23 heavy (non-hydrogen) atoms. The van der Waals surface area contributed by atoms with Gasteiger partial charge in [0.25, 0.3) is 0 Å². The van der Waals surface area contributed by atoms with Gasteiger partial charge in [-0.05, 0) is 31.3 Å². The van der Waals surface area contributed by atoms with Gasteiger partial charge in [0.15, 0.2) is 0 Å². The van der Waals surface area contributed by atoms with Crippen LogP contribution >= 0.6 is 11.6 Å². The van der Waals surface area contributed by atoms with E-state index in [1.54, 1.807) is 0 Å². The zero-order valence-electron chi connectivity index (χ0n) is 13.1. The molecule has 118 valence electrons. The third-order valence-corrected chi connectivity index (χ3v) is 4.80. The van der Waals surface area contributed by atoms with Crippen molar-refractivity contribution in [3.63, 3.8) is 0 Å². The fraction of sp³-hybridized carbons (Fsp3) is 0.278. The molecule has 0 aromatic heterocycles. The Balaban J connectivity index is 1.79. The third-order valence-electron chi connectivity index (χ3n) is 4.49. The molecule has 2 heterocycles. The number of nitrogens with zero attached hydrogens (tertiary/aromatic N) is 3. The van der Waals surface area contributed by atoms with Crippen molar-refractivity contribution in [3.05, 3.63) is 47.0 Å². The van der Waals surface area contributed by atoms with Crippen LogP contribution in [0.25, 0.3) is 0 Å². The van der Waals surface area contributed by atoms with Gasteiger partial charge in [-0.25, -0.2) is 0 Å². The lowest BCUT2D eigenvalue weighted by Gasteiger charge is -2.35.